The van der Waals surface area contributed by atoms with Gasteiger partial charge in [-0.25, -0.2) is 13.9 Å². The first-order valence-corrected chi connectivity index (χ1v) is 9.72. The van der Waals surface area contributed by atoms with Crippen LogP contribution in [0.5, 0.6) is 5.75 Å². The van der Waals surface area contributed by atoms with E-state index in [2.05, 4.69) is 27.2 Å². The van der Waals surface area contributed by atoms with Crippen molar-refractivity contribution in [3.05, 3.63) is 47.0 Å². The topological polar surface area (TPSA) is 93.8 Å². The number of amides is 1. The zero-order valence-electron chi connectivity index (χ0n) is 16.5. The molecule has 1 fully saturated rings. The molecule has 0 saturated carbocycles. The Labute approximate surface area is 167 Å². The number of ether oxygens (including phenoxy) is 1. The lowest BCUT2D eigenvalue weighted by atomic mass is 10.0. The van der Waals surface area contributed by atoms with Crippen molar-refractivity contribution in [2.75, 3.05) is 23.9 Å². The Bertz CT molecular complexity index is 1070. The summed E-state index contributed by atoms with van der Waals surface area (Å²) in [4.78, 5) is 31.7. The summed E-state index contributed by atoms with van der Waals surface area (Å²) in [5, 5.41) is 7.00. The van der Waals surface area contributed by atoms with Gasteiger partial charge in [-0.05, 0) is 56.5 Å². The van der Waals surface area contributed by atoms with Gasteiger partial charge in [0, 0.05) is 24.5 Å². The number of nitrogens with zero attached hydrogens (tertiary/aromatic N) is 5. The lowest BCUT2D eigenvalue weighted by molar-refractivity contribution is -0.117. The molecule has 1 N–H and O–H groups in total. The van der Waals surface area contributed by atoms with Gasteiger partial charge in [0.25, 0.3) is 5.78 Å². The summed E-state index contributed by atoms with van der Waals surface area (Å²) in [5.74, 6) is 1.46. The normalized spacial score (nSPS) is 16.8. The van der Waals surface area contributed by atoms with E-state index < -0.39 is 5.69 Å². The maximum atomic E-state index is 12.6. The summed E-state index contributed by atoms with van der Waals surface area (Å²) in [5.41, 5.74) is 0.225. The van der Waals surface area contributed by atoms with Gasteiger partial charge < -0.3 is 15.0 Å². The molecule has 1 aliphatic heterocycles. The first-order valence-electron chi connectivity index (χ1n) is 9.72. The maximum absolute atomic E-state index is 12.6. The Balaban J connectivity index is 1.52. The number of piperidine rings is 1. The van der Waals surface area contributed by atoms with Gasteiger partial charge in [0.05, 0.1) is 7.11 Å². The minimum atomic E-state index is -0.393. The van der Waals surface area contributed by atoms with Gasteiger partial charge in [-0.3, -0.25) is 4.79 Å². The van der Waals surface area contributed by atoms with Crippen molar-refractivity contribution in [1.29, 1.82) is 0 Å². The number of aromatic nitrogens is 4. The summed E-state index contributed by atoms with van der Waals surface area (Å²) < 4.78 is 7.59. The Morgan fingerprint density at radius 2 is 2.03 bits per heavy atom. The number of fused-ring (bicyclic) bond motifs is 1. The van der Waals surface area contributed by atoms with Crippen LogP contribution in [0, 0.1) is 0 Å². The average molecular weight is 396 g/mol. The zero-order valence-corrected chi connectivity index (χ0v) is 16.5. The van der Waals surface area contributed by atoms with Crippen LogP contribution in [0.15, 0.2) is 41.3 Å². The Hall–Kier alpha value is -3.36. The largest absolute Gasteiger partial charge is 0.497 e. The second kappa shape index (κ2) is 7.94. The summed E-state index contributed by atoms with van der Waals surface area (Å²) >= 11 is 0. The van der Waals surface area contributed by atoms with Crippen LogP contribution in [0.2, 0.25) is 0 Å². The van der Waals surface area contributed by atoms with Crippen molar-refractivity contribution in [1.82, 2.24) is 19.2 Å². The smallest absolute Gasteiger partial charge is 0.352 e. The third kappa shape index (κ3) is 3.94. The van der Waals surface area contributed by atoms with Gasteiger partial charge in [0.2, 0.25) is 5.91 Å². The number of hydrogen-bond donors (Lipinski definition) is 1. The second-order valence-electron chi connectivity index (χ2n) is 7.21. The van der Waals surface area contributed by atoms with Crippen molar-refractivity contribution < 1.29 is 9.53 Å². The van der Waals surface area contributed by atoms with Gasteiger partial charge >= 0.3 is 5.69 Å². The lowest BCUT2D eigenvalue weighted by Gasteiger charge is -2.34. The van der Waals surface area contributed by atoms with E-state index in [1.54, 1.807) is 37.6 Å². The number of methoxy groups -OCH3 is 1. The number of benzene rings is 1. The number of anilines is 2. The number of rotatable bonds is 5. The summed E-state index contributed by atoms with van der Waals surface area (Å²) in [6.07, 6.45) is 5.15. The average Bonchev–Trinajstić information content (AvgIpc) is 3.03. The molecule has 0 bridgehead atoms. The number of carbonyl (C=O) groups is 1. The van der Waals surface area contributed by atoms with Gasteiger partial charge in [-0.1, -0.05) is 0 Å². The van der Waals surface area contributed by atoms with Crippen LogP contribution < -0.4 is 20.6 Å². The Morgan fingerprint density at radius 1 is 1.24 bits per heavy atom. The minimum absolute atomic E-state index is 0.191. The summed E-state index contributed by atoms with van der Waals surface area (Å²) in [7, 11) is 1.58. The Kier molecular flexibility index (Phi) is 5.20. The van der Waals surface area contributed by atoms with Gasteiger partial charge in [-0.2, -0.15) is 4.98 Å². The Morgan fingerprint density at radius 3 is 2.76 bits per heavy atom. The monoisotopic (exact) mass is 396 g/mol. The molecule has 9 heteroatoms. The number of nitrogens with one attached hydrogen (secondary N) is 1. The molecule has 0 unspecified atom stereocenters. The van der Waals surface area contributed by atoms with Crippen molar-refractivity contribution in [2.24, 2.45) is 0 Å². The second-order valence-corrected chi connectivity index (χ2v) is 7.21. The zero-order chi connectivity index (χ0) is 20.4. The van der Waals surface area contributed by atoms with Crippen LogP contribution in [-0.4, -0.2) is 44.8 Å². The SMILES string of the molecule is COc1ccc(NC(=O)Cn2nc3nc(N4CCCC[C@@H]4C)ccn3c2=O)cc1. The lowest BCUT2D eigenvalue weighted by Crippen LogP contribution is -2.38. The van der Waals surface area contributed by atoms with Crippen LogP contribution in [0.4, 0.5) is 11.5 Å². The highest BCUT2D eigenvalue weighted by Gasteiger charge is 2.21. The molecule has 1 saturated heterocycles. The highest BCUT2D eigenvalue weighted by Crippen LogP contribution is 2.22. The van der Waals surface area contributed by atoms with Crippen molar-refractivity contribution in [2.45, 2.75) is 38.8 Å². The van der Waals surface area contributed by atoms with E-state index in [1.165, 1.54) is 10.8 Å². The van der Waals surface area contributed by atoms with Crippen molar-refractivity contribution >= 4 is 23.2 Å². The van der Waals surface area contributed by atoms with Gasteiger partial charge in [0.1, 0.15) is 18.1 Å². The number of hydrogen-bond acceptors (Lipinski definition) is 6. The van der Waals surface area contributed by atoms with Crippen molar-refractivity contribution in [3.8, 4) is 5.75 Å². The molecule has 0 spiro atoms. The molecular weight excluding hydrogens is 372 g/mol. The van der Waals surface area contributed by atoms with Crippen LogP contribution in [0.1, 0.15) is 26.2 Å². The van der Waals surface area contributed by atoms with E-state index in [-0.39, 0.29) is 12.5 Å². The molecule has 2 aromatic heterocycles. The standard InChI is InChI=1S/C20H24N6O3/c1-14-5-3-4-11-24(14)17-10-12-25-19(22-17)23-26(20(25)28)13-18(27)21-15-6-8-16(29-2)9-7-15/h6-10,12,14H,3-5,11,13H2,1-2H3,(H,21,27)/t14-/m0/s1. The quantitative estimate of drug-likeness (QED) is 0.708. The number of carbonyl (C=O) groups excluding carboxylic acids is 1. The van der Waals surface area contributed by atoms with Crippen LogP contribution in [0.3, 0.4) is 0 Å². The van der Waals surface area contributed by atoms with Crippen LogP contribution in [-0.2, 0) is 11.3 Å². The first-order chi connectivity index (χ1) is 14.0. The van der Waals surface area contributed by atoms with E-state index in [4.69, 9.17) is 4.74 Å². The molecule has 9 nitrogen and oxygen atoms in total. The van der Waals surface area contributed by atoms with Gasteiger partial charge in [-0.15, -0.1) is 5.10 Å². The third-order valence-corrected chi connectivity index (χ3v) is 5.20. The molecule has 3 heterocycles. The first kappa shape index (κ1) is 19.0. The molecule has 0 radical (unpaired) electrons. The fourth-order valence-corrected chi connectivity index (χ4v) is 3.61. The van der Waals surface area contributed by atoms with E-state index >= 15 is 0 Å². The summed E-state index contributed by atoms with van der Waals surface area (Å²) in [6.45, 7) is 2.93. The summed E-state index contributed by atoms with van der Waals surface area (Å²) in [6, 6.07) is 9.20. The van der Waals surface area contributed by atoms with Crippen molar-refractivity contribution in [3.63, 3.8) is 0 Å². The molecule has 3 aromatic rings. The predicted molar refractivity (Wildman–Crippen MR) is 110 cm³/mol. The fourth-order valence-electron chi connectivity index (χ4n) is 3.61. The fraction of sp³-hybridized carbons (Fsp3) is 0.400. The maximum Gasteiger partial charge on any atom is 0.352 e. The minimum Gasteiger partial charge on any atom is -0.497 e. The molecule has 29 heavy (non-hydrogen) atoms. The predicted octanol–water partition coefficient (Wildman–Crippen LogP) is 1.92. The highest BCUT2D eigenvalue weighted by atomic mass is 16.5. The molecule has 1 atom stereocenters. The van der Waals surface area contributed by atoms with Crippen LogP contribution >= 0.6 is 0 Å². The molecule has 1 aromatic carbocycles. The molecular formula is C20H24N6O3. The molecule has 0 aliphatic carbocycles. The highest BCUT2D eigenvalue weighted by molar-refractivity contribution is 5.90. The van der Waals surface area contributed by atoms with E-state index in [1.807, 2.05) is 6.07 Å². The third-order valence-electron chi connectivity index (χ3n) is 5.20. The molecule has 1 amide bonds. The van der Waals surface area contributed by atoms with E-state index in [0.29, 0.717) is 23.3 Å². The molecule has 4 rings (SSSR count). The van der Waals surface area contributed by atoms with Crippen LogP contribution in [0.25, 0.3) is 5.78 Å². The van der Waals surface area contributed by atoms with E-state index in [0.717, 1.165) is 29.9 Å². The van der Waals surface area contributed by atoms with E-state index in [9.17, 15) is 9.59 Å². The molecule has 152 valence electrons. The van der Waals surface area contributed by atoms with Gasteiger partial charge in [0.15, 0.2) is 0 Å². The molecule has 1 aliphatic rings.